The molecule has 0 aliphatic rings. The first-order chi connectivity index (χ1) is 14.4. The second kappa shape index (κ2) is 9.67. The largest absolute Gasteiger partial charge is 0.478 e. The quantitative estimate of drug-likeness (QED) is 0.466. The Morgan fingerprint density at radius 3 is 2.10 bits per heavy atom. The van der Waals surface area contributed by atoms with E-state index >= 15 is 0 Å². The van der Waals surface area contributed by atoms with Crippen molar-refractivity contribution in [1.29, 1.82) is 0 Å². The molecule has 3 rings (SSSR count). The van der Waals surface area contributed by atoms with Crippen LogP contribution in [0.5, 0.6) is 0 Å². The summed E-state index contributed by atoms with van der Waals surface area (Å²) in [7, 11) is 0. The Morgan fingerprint density at radius 2 is 1.47 bits per heavy atom. The standard InChI is InChI=1S/C23H17BrN2O4/c24-19-9-5-4-8-18(19)21(27)26-20(14-15-6-2-1-3-7-15)22(28)25-17-12-10-16(11-13-17)23(29)30/h1-14H,(H,25,28)(H,26,27)(H,29,30). The summed E-state index contributed by atoms with van der Waals surface area (Å²) in [4.78, 5) is 36.6. The number of hydrogen-bond acceptors (Lipinski definition) is 3. The molecule has 0 radical (unpaired) electrons. The fourth-order valence-electron chi connectivity index (χ4n) is 2.60. The molecular weight excluding hydrogens is 448 g/mol. The van der Waals surface area contributed by atoms with Crippen LogP contribution in [-0.4, -0.2) is 22.9 Å². The highest BCUT2D eigenvalue weighted by atomic mass is 79.9. The van der Waals surface area contributed by atoms with Crippen molar-refractivity contribution in [3.05, 3.63) is 106 Å². The molecule has 0 unspecified atom stereocenters. The summed E-state index contributed by atoms with van der Waals surface area (Å²) in [5, 5.41) is 14.3. The summed E-state index contributed by atoms with van der Waals surface area (Å²) >= 11 is 3.33. The van der Waals surface area contributed by atoms with Crippen molar-refractivity contribution in [2.75, 3.05) is 5.32 Å². The van der Waals surface area contributed by atoms with Crippen molar-refractivity contribution >= 4 is 45.5 Å². The van der Waals surface area contributed by atoms with E-state index in [9.17, 15) is 14.4 Å². The third kappa shape index (κ3) is 5.42. The van der Waals surface area contributed by atoms with E-state index in [1.165, 1.54) is 24.3 Å². The molecule has 2 amide bonds. The monoisotopic (exact) mass is 464 g/mol. The van der Waals surface area contributed by atoms with Crippen molar-refractivity contribution in [3.63, 3.8) is 0 Å². The van der Waals surface area contributed by atoms with E-state index in [0.717, 1.165) is 5.56 Å². The van der Waals surface area contributed by atoms with Gasteiger partial charge >= 0.3 is 5.97 Å². The summed E-state index contributed by atoms with van der Waals surface area (Å²) in [5.41, 5.74) is 1.67. The summed E-state index contributed by atoms with van der Waals surface area (Å²) in [6.07, 6.45) is 1.57. The minimum Gasteiger partial charge on any atom is -0.478 e. The first-order valence-corrected chi connectivity index (χ1v) is 9.70. The van der Waals surface area contributed by atoms with E-state index in [2.05, 4.69) is 26.6 Å². The maximum absolute atomic E-state index is 12.9. The van der Waals surface area contributed by atoms with Gasteiger partial charge in [-0.3, -0.25) is 9.59 Å². The minimum absolute atomic E-state index is 0.0456. The Morgan fingerprint density at radius 1 is 0.833 bits per heavy atom. The Balaban J connectivity index is 1.86. The molecular formula is C23H17BrN2O4. The van der Waals surface area contributed by atoms with Crippen molar-refractivity contribution < 1.29 is 19.5 Å². The number of carboxylic acid groups (broad SMARTS) is 1. The van der Waals surface area contributed by atoms with Gasteiger partial charge in [0.2, 0.25) is 0 Å². The first-order valence-electron chi connectivity index (χ1n) is 8.91. The van der Waals surface area contributed by atoms with Crippen LogP contribution in [0.3, 0.4) is 0 Å². The highest BCUT2D eigenvalue weighted by molar-refractivity contribution is 9.10. The average Bonchev–Trinajstić information content (AvgIpc) is 2.74. The molecule has 150 valence electrons. The van der Waals surface area contributed by atoms with Gasteiger partial charge in [0, 0.05) is 10.2 Å². The van der Waals surface area contributed by atoms with Gasteiger partial charge < -0.3 is 15.7 Å². The molecule has 0 saturated carbocycles. The second-order valence-electron chi connectivity index (χ2n) is 6.24. The molecule has 0 atom stereocenters. The van der Waals surface area contributed by atoms with Gasteiger partial charge in [0.25, 0.3) is 11.8 Å². The molecule has 6 nitrogen and oxygen atoms in total. The van der Waals surface area contributed by atoms with Crippen LogP contribution in [0.2, 0.25) is 0 Å². The van der Waals surface area contributed by atoms with Crippen LogP contribution in [0.15, 0.2) is 89.0 Å². The molecule has 0 aliphatic carbocycles. The number of benzene rings is 3. The molecule has 3 N–H and O–H groups in total. The number of nitrogens with one attached hydrogen (secondary N) is 2. The van der Waals surface area contributed by atoms with Gasteiger partial charge in [0.15, 0.2) is 0 Å². The third-order valence-corrected chi connectivity index (χ3v) is 4.80. The molecule has 3 aromatic carbocycles. The number of carbonyl (C=O) groups excluding carboxylic acids is 2. The van der Waals surface area contributed by atoms with Gasteiger partial charge in [-0.05, 0) is 64.0 Å². The number of halogens is 1. The minimum atomic E-state index is -1.06. The van der Waals surface area contributed by atoms with Crippen molar-refractivity contribution in [2.45, 2.75) is 0 Å². The number of carbonyl (C=O) groups is 3. The maximum atomic E-state index is 12.9. The number of amides is 2. The third-order valence-electron chi connectivity index (χ3n) is 4.11. The van der Waals surface area contributed by atoms with Gasteiger partial charge in [0.1, 0.15) is 5.70 Å². The average molecular weight is 465 g/mol. The topological polar surface area (TPSA) is 95.5 Å². The molecule has 0 aliphatic heterocycles. The van der Waals surface area contributed by atoms with Crippen LogP contribution in [0.4, 0.5) is 5.69 Å². The van der Waals surface area contributed by atoms with Crippen LogP contribution in [0.1, 0.15) is 26.3 Å². The van der Waals surface area contributed by atoms with Crippen LogP contribution in [0, 0.1) is 0 Å². The molecule has 0 bridgehead atoms. The predicted octanol–water partition coefficient (Wildman–Crippen LogP) is 4.56. The lowest BCUT2D eigenvalue weighted by molar-refractivity contribution is -0.113. The highest BCUT2D eigenvalue weighted by Crippen LogP contribution is 2.17. The van der Waals surface area contributed by atoms with Crippen LogP contribution < -0.4 is 10.6 Å². The van der Waals surface area contributed by atoms with Crippen LogP contribution in [0.25, 0.3) is 6.08 Å². The molecule has 30 heavy (non-hydrogen) atoms. The Bertz CT molecular complexity index is 1110. The fraction of sp³-hybridized carbons (Fsp3) is 0. The van der Waals surface area contributed by atoms with E-state index in [1.807, 2.05) is 18.2 Å². The molecule has 0 fully saturated rings. The first kappa shape index (κ1) is 21.0. The molecule has 0 aromatic heterocycles. The number of aromatic carboxylic acids is 1. The zero-order valence-electron chi connectivity index (χ0n) is 15.6. The number of hydrogen-bond donors (Lipinski definition) is 3. The van der Waals surface area contributed by atoms with Gasteiger partial charge in [-0.25, -0.2) is 4.79 Å². The normalized spacial score (nSPS) is 10.9. The highest BCUT2D eigenvalue weighted by Gasteiger charge is 2.17. The van der Waals surface area contributed by atoms with E-state index in [1.54, 1.807) is 42.5 Å². The van der Waals surface area contributed by atoms with Gasteiger partial charge in [-0.2, -0.15) is 0 Å². The summed E-state index contributed by atoms with van der Waals surface area (Å²) in [5.74, 6) is -2.04. The van der Waals surface area contributed by atoms with E-state index in [0.29, 0.717) is 15.7 Å². The number of anilines is 1. The van der Waals surface area contributed by atoms with E-state index < -0.39 is 17.8 Å². The van der Waals surface area contributed by atoms with Gasteiger partial charge in [0.05, 0.1) is 11.1 Å². The van der Waals surface area contributed by atoms with Crippen molar-refractivity contribution in [2.24, 2.45) is 0 Å². The van der Waals surface area contributed by atoms with Gasteiger partial charge in [-0.1, -0.05) is 42.5 Å². The Labute approximate surface area is 181 Å². The lowest BCUT2D eigenvalue weighted by Gasteiger charge is -2.12. The second-order valence-corrected chi connectivity index (χ2v) is 7.09. The smallest absolute Gasteiger partial charge is 0.335 e. The maximum Gasteiger partial charge on any atom is 0.335 e. The molecule has 0 saturated heterocycles. The zero-order chi connectivity index (χ0) is 21.5. The Hall–Kier alpha value is -3.71. The molecule has 0 heterocycles. The summed E-state index contributed by atoms with van der Waals surface area (Å²) < 4.78 is 0.603. The summed E-state index contributed by atoms with van der Waals surface area (Å²) in [6, 6.07) is 21.7. The van der Waals surface area contributed by atoms with Crippen molar-refractivity contribution in [1.82, 2.24) is 5.32 Å². The molecule has 3 aromatic rings. The molecule has 7 heteroatoms. The SMILES string of the molecule is O=C(Nc1ccc(C(=O)O)cc1)C(=Cc1ccccc1)NC(=O)c1ccccc1Br. The fourth-order valence-corrected chi connectivity index (χ4v) is 3.07. The number of rotatable bonds is 6. The molecule has 0 spiro atoms. The Kier molecular flexibility index (Phi) is 6.77. The summed E-state index contributed by atoms with van der Waals surface area (Å²) in [6.45, 7) is 0. The predicted molar refractivity (Wildman–Crippen MR) is 118 cm³/mol. The van der Waals surface area contributed by atoms with Crippen molar-refractivity contribution in [3.8, 4) is 0 Å². The number of carboxylic acids is 1. The zero-order valence-corrected chi connectivity index (χ0v) is 17.2. The lowest BCUT2D eigenvalue weighted by atomic mass is 10.1. The van der Waals surface area contributed by atoms with Crippen LogP contribution >= 0.6 is 15.9 Å². The lowest BCUT2D eigenvalue weighted by Crippen LogP contribution is -2.31. The van der Waals surface area contributed by atoms with E-state index in [-0.39, 0.29) is 11.3 Å². The van der Waals surface area contributed by atoms with E-state index in [4.69, 9.17) is 5.11 Å². The van der Waals surface area contributed by atoms with Gasteiger partial charge in [-0.15, -0.1) is 0 Å². The van der Waals surface area contributed by atoms with Crippen LogP contribution in [-0.2, 0) is 4.79 Å².